The van der Waals surface area contributed by atoms with Crippen molar-refractivity contribution in [2.75, 3.05) is 6.54 Å². The van der Waals surface area contributed by atoms with Gasteiger partial charge in [-0.05, 0) is 32.4 Å². The summed E-state index contributed by atoms with van der Waals surface area (Å²) in [6.45, 7) is 4.21. The van der Waals surface area contributed by atoms with Gasteiger partial charge in [0.1, 0.15) is 0 Å². The van der Waals surface area contributed by atoms with Gasteiger partial charge in [0.2, 0.25) is 0 Å². The molecule has 0 saturated heterocycles. The van der Waals surface area contributed by atoms with Crippen LogP contribution in [-0.4, -0.2) is 26.3 Å². The van der Waals surface area contributed by atoms with E-state index in [2.05, 4.69) is 32.0 Å². The number of hydrogen-bond donors (Lipinski definition) is 2. The summed E-state index contributed by atoms with van der Waals surface area (Å²) in [7, 11) is 0. The predicted octanol–water partition coefficient (Wildman–Crippen LogP) is 1.74. The molecular weight excluding hydrogens is 214 g/mol. The van der Waals surface area contributed by atoms with Crippen LogP contribution in [0.3, 0.4) is 0 Å². The van der Waals surface area contributed by atoms with E-state index in [1.54, 1.807) is 6.20 Å². The molecule has 0 aromatic carbocycles. The number of rotatable bonds is 7. The summed E-state index contributed by atoms with van der Waals surface area (Å²) in [4.78, 5) is 4.02. The minimum Gasteiger partial charge on any atom is -0.337 e. The zero-order valence-corrected chi connectivity index (χ0v) is 10.1. The van der Waals surface area contributed by atoms with Gasteiger partial charge in [-0.1, -0.05) is 0 Å². The first-order valence-corrected chi connectivity index (χ1v) is 6.04. The lowest BCUT2D eigenvalue weighted by molar-refractivity contribution is 0.516. The van der Waals surface area contributed by atoms with E-state index in [4.69, 9.17) is 0 Å². The molecule has 1 unspecified atom stereocenters. The highest BCUT2D eigenvalue weighted by Gasteiger charge is 2.04. The van der Waals surface area contributed by atoms with Crippen molar-refractivity contribution >= 4 is 0 Å². The van der Waals surface area contributed by atoms with Crippen LogP contribution in [0, 0.1) is 0 Å². The number of nitrogens with one attached hydrogen (secondary N) is 2. The maximum atomic E-state index is 4.02. The van der Waals surface area contributed by atoms with E-state index in [-0.39, 0.29) is 0 Å². The van der Waals surface area contributed by atoms with Gasteiger partial charge in [-0.2, -0.15) is 5.10 Å². The zero-order chi connectivity index (χ0) is 11.9. The standard InChI is InChI=1S/C12H19N5/c1-11(12-4-6-15-16-12)14-5-2-3-8-17-9-7-13-10-17/h4,6-7,9-11,14H,2-3,5,8H2,1H3,(H,15,16). The number of hydrogen-bond acceptors (Lipinski definition) is 3. The SMILES string of the molecule is CC(NCCCCn1ccnc1)c1ccn[nH]1. The molecule has 2 heterocycles. The Labute approximate surface area is 101 Å². The van der Waals surface area contributed by atoms with Crippen LogP contribution < -0.4 is 5.32 Å². The first-order chi connectivity index (χ1) is 8.36. The first-order valence-electron chi connectivity index (χ1n) is 6.04. The molecule has 17 heavy (non-hydrogen) atoms. The summed E-state index contributed by atoms with van der Waals surface area (Å²) in [5.74, 6) is 0. The van der Waals surface area contributed by atoms with Crippen LogP contribution in [0.25, 0.3) is 0 Å². The first kappa shape index (κ1) is 11.9. The van der Waals surface area contributed by atoms with Gasteiger partial charge in [-0.25, -0.2) is 4.98 Å². The van der Waals surface area contributed by atoms with Crippen molar-refractivity contribution in [2.24, 2.45) is 0 Å². The van der Waals surface area contributed by atoms with E-state index < -0.39 is 0 Å². The Morgan fingerprint density at radius 3 is 3.06 bits per heavy atom. The third-order valence-corrected chi connectivity index (χ3v) is 2.84. The van der Waals surface area contributed by atoms with Crippen molar-refractivity contribution in [1.82, 2.24) is 25.1 Å². The van der Waals surface area contributed by atoms with Crippen molar-refractivity contribution < 1.29 is 0 Å². The van der Waals surface area contributed by atoms with Crippen LogP contribution in [0.2, 0.25) is 0 Å². The third kappa shape index (κ3) is 3.71. The zero-order valence-electron chi connectivity index (χ0n) is 10.1. The molecule has 2 aromatic heterocycles. The predicted molar refractivity (Wildman–Crippen MR) is 66.5 cm³/mol. The van der Waals surface area contributed by atoms with Gasteiger partial charge >= 0.3 is 0 Å². The average Bonchev–Trinajstić information content (AvgIpc) is 3.01. The minimum atomic E-state index is 0.339. The van der Waals surface area contributed by atoms with Gasteiger partial charge in [0.25, 0.3) is 0 Å². The number of aromatic nitrogens is 4. The van der Waals surface area contributed by atoms with Gasteiger partial charge in [0.15, 0.2) is 0 Å². The molecule has 0 fully saturated rings. The molecule has 0 aliphatic rings. The lowest BCUT2D eigenvalue weighted by Crippen LogP contribution is -2.20. The molecule has 0 radical (unpaired) electrons. The Morgan fingerprint density at radius 1 is 1.41 bits per heavy atom. The van der Waals surface area contributed by atoms with Crippen LogP contribution in [0.4, 0.5) is 0 Å². The van der Waals surface area contributed by atoms with E-state index in [1.165, 1.54) is 6.42 Å². The fraction of sp³-hybridized carbons (Fsp3) is 0.500. The van der Waals surface area contributed by atoms with E-state index in [0.29, 0.717) is 6.04 Å². The summed E-state index contributed by atoms with van der Waals surface area (Å²) in [5, 5.41) is 10.4. The Balaban J connectivity index is 1.57. The van der Waals surface area contributed by atoms with Crippen LogP contribution >= 0.6 is 0 Å². The number of H-pyrrole nitrogens is 1. The lowest BCUT2D eigenvalue weighted by Gasteiger charge is -2.11. The van der Waals surface area contributed by atoms with Crippen LogP contribution in [0.15, 0.2) is 31.0 Å². The maximum Gasteiger partial charge on any atom is 0.0945 e. The molecule has 0 aliphatic heterocycles. The largest absolute Gasteiger partial charge is 0.337 e. The molecule has 2 N–H and O–H groups in total. The normalized spacial score (nSPS) is 12.8. The van der Waals surface area contributed by atoms with Crippen LogP contribution in [0.5, 0.6) is 0 Å². The van der Waals surface area contributed by atoms with Gasteiger partial charge in [0.05, 0.1) is 12.0 Å². The van der Waals surface area contributed by atoms with E-state index in [1.807, 2.05) is 24.8 Å². The molecule has 5 nitrogen and oxygen atoms in total. The molecule has 0 spiro atoms. The molecule has 0 bridgehead atoms. The maximum absolute atomic E-state index is 4.02. The number of aryl methyl sites for hydroxylation is 1. The summed E-state index contributed by atoms with van der Waals surface area (Å²) >= 11 is 0. The number of aromatic amines is 1. The Bertz CT molecular complexity index is 392. The Kier molecular flexibility index (Phi) is 4.32. The minimum absolute atomic E-state index is 0.339. The second kappa shape index (κ2) is 6.20. The molecule has 0 saturated carbocycles. The summed E-state index contributed by atoms with van der Waals surface area (Å²) < 4.78 is 2.11. The fourth-order valence-electron chi connectivity index (χ4n) is 1.77. The molecule has 0 aliphatic carbocycles. The van der Waals surface area contributed by atoms with Gasteiger partial charge in [0, 0.05) is 31.2 Å². The second-order valence-electron chi connectivity index (χ2n) is 4.20. The summed E-state index contributed by atoms with van der Waals surface area (Å²) in [5.41, 5.74) is 1.14. The van der Waals surface area contributed by atoms with Crippen LogP contribution in [-0.2, 0) is 6.54 Å². The Hall–Kier alpha value is -1.62. The van der Waals surface area contributed by atoms with Crippen molar-refractivity contribution in [1.29, 1.82) is 0 Å². The topological polar surface area (TPSA) is 58.5 Å². The van der Waals surface area contributed by atoms with Crippen molar-refractivity contribution in [3.05, 3.63) is 36.7 Å². The molecule has 92 valence electrons. The van der Waals surface area contributed by atoms with E-state index >= 15 is 0 Å². The summed E-state index contributed by atoms with van der Waals surface area (Å²) in [6.07, 6.45) is 9.79. The van der Waals surface area contributed by atoms with Crippen molar-refractivity contribution in [3.8, 4) is 0 Å². The monoisotopic (exact) mass is 233 g/mol. The molecule has 2 rings (SSSR count). The molecule has 5 heteroatoms. The van der Waals surface area contributed by atoms with Crippen molar-refractivity contribution in [2.45, 2.75) is 32.4 Å². The highest BCUT2D eigenvalue weighted by molar-refractivity contribution is 5.02. The fourth-order valence-corrected chi connectivity index (χ4v) is 1.77. The third-order valence-electron chi connectivity index (χ3n) is 2.84. The number of unbranched alkanes of at least 4 members (excludes halogenated alkanes) is 1. The van der Waals surface area contributed by atoms with E-state index in [9.17, 15) is 0 Å². The van der Waals surface area contributed by atoms with Gasteiger partial charge in [-0.3, -0.25) is 5.10 Å². The molecular formula is C12H19N5. The highest BCUT2D eigenvalue weighted by atomic mass is 15.1. The second-order valence-corrected chi connectivity index (χ2v) is 4.20. The lowest BCUT2D eigenvalue weighted by atomic mass is 10.2. The quantitative estimate of drug-likeness (QED) is 0.716. The number of nitrogens with zero attached hydrogens (tertiary/aromatic N) is 3. The average molecular weight is 233 g/mol. The van der Waals surface area contributed by atoms with Gasteiger partial charge < -0.3 is 9.88 Å². The van der Waals surface area contributed by atoms with Gasteiger partial charge in [-0.15, -0.1) is 0 Å². The highest BCUT2D eigenvalue weighted by Crippen LogP contribution is 2.07. The molecule has 2 aromatic rings. The smallest absolute Gasteiger partial charge is 0.0945 e. The van der Waals surface area contributed by atoms with Crippen molar-refractivity contribution in [3.63, 3.8) is 0 Å². The number of imidazole rings is 1. The molecule has 0 amide bonds. The Morgan fingerprint density at radius 2 is 2.35 bits per heavy atom. The summed E-state index contributed by atoms with van der Waals surface area (Å²) in [6, 6.07) is 2.34. The van der Waals surface area contributed by atoms with E-state index in [0.717, 1.165) is 25.2 Å². The van der Waals surface area contributed by atoms with Crippen LogP contribution in [0.1, 0.15) is 31.5 Å². The molecule has 1 atom stereocenters.